The van der Waals surface area contributed by atoms with Crippen molar-refractivity contribution in [3.63, 3.8) is 0 Å². The Hall–Kier alpha value is -0.683. The summed E-state index contributed by atoms with van der Waals surface area (Å²) in [5, 5.41) is 0.151. The first kappa shape index (κ1) is 14.7. The Labute approximate surface area is 124 Å². The lowest BCUT2D eigenvalue weighted by molar-refractivity contribution is 0.167. The number of ether oxygens (including phenoxy) is 2. The molecule has 0 aromatic heterocycles. The van der Waals surface area contributed by atoms with Crippen molar-refractivity contribution in [1.82, 2.24) is 0 Å². The Kier molecular flexibility index (Phi) is 3.89. The van der Waals surface area contributed by atoms with Gasteiger partial charge in [0.05, 0.1) is 0 Å². The van der Waals surface area contributed by atoms with Crippen molar-refractivity contribution in [3.8, 4) is 17.2 Å². The molecule has 2 rings (SSSR count). The van der Waals surface area contributed by atoms with E-state index in [4.69, 9.17) is 13.9 Å². The van der Waals surface area contributed by atoms with Gasteiger partial charge in [-0.25, -0.2) is 0 Å². The maximum absolute atomic E-state index is 6.35. The summed E-state index contributed by atoms with van der Waals surface area (Å²) in [7, 11) is -1.88. The molecule has 1 aliphatic rings. The highest BCUT2D eigenvalue weighted by atomic mass is 79.9. The van der Waals surface area contributed by atoms with E-state index in [9.17, 15) is 0 Å². The molecule has 0 radical (unpaired) electrons. The Bertz CT molecular complexity index is 480. The molecule has 1 aromatic rings. The van der Waals surface area contributed by atoms with Gasteiger partial charge in [-0.1, -0.05) is 36.7 Å². The van der Waals surface area contributed by atoms with E-state index < -0.39 is 8.32 Å². The highest BCUT2D eigenvalue weighted by Gasteiger charge is 2.40. The summed E-state index contributed by atoms with van der Waals surface area (Å²) in [6, 6.07) is 3.89. The van der Waals surface area contributed by atoms with Gasteiger partial charge in [0.25, 0.3) is 8.32 Å². The third-order valence-corrected chi connectivity index (χ3v) is 8.54. The molecule has 1 heterocycles. The van der Waals surface area contributed by atoms with Crippen molar-refractivity contribution in [2.75, 3.05) is 13.2 Å². The van der Waals surface area contributed by atoms with Crippen LogP contribution < -0.4 is 13.9 Å². The smallest absolute Gasteiger partial charge is 0.250 e. The normalized spacial score (nSPS) is 15.3. The number of benzene rings is 1. The first-order chi connectivity index (χ1) is 8.71. The fraction of sp³-hybridized carbons (Fsp3) is 0.571. The number of rotatable bonds is 2. The summed E-state index contributed by atoms with van der Waals surface area (Å²) in [5.41, 5.74) is 0. The predicted molar refractivity (Wildman–Crippen MR) is 83.0 cm³/mol. The molecule has 0 atom stereocenters. The SMILES string of the molecule is CC(C)(C)[Si](C)(C)Oc1cc(Br)cc2c1OCCO2. The van der Waals surface area contributed by atoms with Crippen LogP contribution >= 0.6 is 15.9 Å². The van der Waals surface area contributed by atoms with Crippen molar-refractivity contribution in [2.45, 2.75) is 38.9 Å². The summed E-state index contributed by atoms with van der Waals surface area (Å²) < 4.78 is 18.6. The molecule has 19 heavy (non-hydrogen) atoms. The maximum Gasteiger partial charge on any atom is 0.250 e. The molecular weight excluding hydrogens is 324 g/mol. The monoisotopic (exact) mass is 344 g/mol. The predicted octanol–water partition coefficient (Wildman–Crippen LogP) is 4.60. The summed E-state index contributed by atoms with van der Waals surface area (Å²) in [4.78, 5) is 0. The van der Waals surface area contributed by atoms with Crippen LogP contribution in [0.2, 0.25) is 18.1 Å². The van der Waals surface area contributed by atoms with E-state index in [1.807, 2.05) is 12.1 Å². The van der Waals surface area contributed by atoms with E-state index >= 15 is 0 Å². The van der Waals surface area contributed by atoms with Crippen LogP contribution in [0.3, 0.4) is 0 Å². The molecule has 1 aromatic carbocycles. The lowest BCUT2D eigenvalue weighted by atomic mass is 10.2. The first-order valence-electron chi connectivity index (χ1n) is 6.49. The van der Waals surface area contributed by atoms with Crippen molar-refractivity contribution < 1.29 is 13.9 Å². The average molecular weight is 345 g/mol. The zero-order chi connectivity index (χ0) is 14.3. The number of hydrogen-bond donors (Lipinski definition) is 0. The van der Waals surface area contributed by atoms with Gasteiger partial charge in [0, 0.05) is 4.47 Å². The minimum absolute atomic E-state index is 0.151. The van der Waals surface area contributed by atoms with Gasteiger partial charge < -0.3 is 13.9 Å². The molecule has 0 aliphatic carbocycles. The van der Waals surface area contributed by atoms with Gasteiger partial charge in [-0.05, 0) is 30.3 Å². The van der Waals surface area contributed by atoms with E-state index in [0.717, 1.165) is 21.7 Å². The maximum atomic E-state index is 6.35. The molecule has 0 N–H and O–H groups in total. The molecule has 5 heteroatoms. The molecular formula is C14H21BrO3Si. The van der Waals surface area contributed by atoms with Crippen LogP contribution in [0.25, 0.3) is 0 Å². The molecule has 0 bridgehead atoms. The molecule has 1 aliphatic heterocycles. The molecule has 0 spiro atoms. The first-order valence-corrected chi connectivity index (χ1v) is 10.2. The van der Waals surface area contributed by atoms with Gasteiger partial charge >= 0.3 is 0 Å². The number of fused-ring (bicyclic) bond motifs is 1. The summed E-state index contributed by atoms with van der Waals surface area (Å²) >= 11 is 3.50. The highest BCUT2D eigenvalue weighted by molar-refractivity contribution is 9.10. The standard InChI is InChI=1S/C14H21BrO3Si/c1-14(2,3)19(4,5)18-12-9-10(15)8-11-13(12)17-7-6-16-11/h8-9H,6-7H2,1-5H3. The zero-order valence-electron chi connectivity index (χ0n) is 12.2. The lowest BCUT2D eigenvalue weighted by Crippen LogP contribution is -2.44. The second-order valence-corrected chi connectivity index (χ2v) is 11.9. The Morgan fingerprint density at radius 3 is 2.42 bits per heavy atom. The quantitative estimate of drug-likeness (QED) is 0.733. The van der Waals surface area contributed by atoms with Gasteiger partial charge in [-0.2, -0.15) is 0 Å². The summed E-state index contributed by atoms with van der Waals surface area (Å²) in [6.45, 7) is 12.3. The minimum atomic E-state index is -1.88. The minimum Gasteiger partial charge on any atom is -0.541 e. The fourth-order valence-electron chi connectivity index (χ4n) is 1.59. The van der Waals surface area contributed by atoms with Crippen molar-refractivity contribution in [2.24, 2.45) is 0 Å². The van der Waals surface area contributed by atoms with Crippen LogP contribution in [0.15, 0.2) is 16.6 Å². The van der Waals surface area contributed by atoms with Gasteiger partial charge in [-0.3, -0.25) is 0 Å². The molecule has 0 saturated heterocycles. The van der Waals surface area contributed by atoms with E-state index in [1.165, 1.54) is 0 Å². The van der Waals surface area contributed by atoms with Crippen LogP contribution in [0.1, 0.15) is 20.8 Å². The van der Waals surface area contributed by atoms with Crippen LogP contribution in [-0.2, 0) is 0 Å². The van der Waals surface area contributed by atoms with Crippen LogP contribution in [-0.4, -0.2) is 21.5 Å². The molecule has 0 saturated carbocycles. The molecule has 0 fully saturated rings. The van der Waals surface area contributed by atoms with Crippen molar-refractivity contribution in [3.05, 3.63) is 16.6 Å². The van der Waals surface area contributed by atoms with Gasteiger partial charge in [0.1, 0.15) is 13.2 Å². The van der Waals surface area contributed by atoms with Gasteiger partial charge in [0.2, 0.25) is 5.75 Å². The fourth-order valence-corrected chi connectivity index (χ4v) is 3.02. The topological polar surface area (TPSA) is 27.7 Å². The second-order valence-electron chi connectivity index (χ2n) is 6.29. The van der Waals surface area contributed by atoms with E-state index in [0.29, 0.717) is 13.2 Å². The summed E-state index contributed by atoms with van der Waals surface area (Å²) in [6.07, 6.45) is 0. The average Bonchev–Trinajstić information content (AvgIpc) is 2.26. The zero-order valence-corrected chi connectivity index (χ0v) is 14.8. The molecule has 0 unspecified atom stereocenters. The van der Waals surface area contributed by atoms with Crippen LogP contribution in [0.4, 0.5) is 0 Å². The largest absolute Gasteiger partial charge is 0.541 e. The van der Waals surface area contributed by atoms with Crippen molar-refractivity contribution in [1.29, 1.82) is 0 Å². The molecule has 3 nitrogen and oxygen atoms in total. The Morgan fingerprint density at radius 2 is 1.79 bits per heavy atom. The molecule has 106 valence electrons. The van der Waals surface area contributed by atoms with Gasteiger partial charge in [0.15, 0.2) is 11.5 Å². The number of hydrogen-bond acceptors (Lipinski definition) is 3. The summed E-state index contributed by atoms with van der Waals surface area (Å²) in [5.74, 6) is 2.28. The second kappa shape index (κ2) is 5.02. The van der Waals surface area contributed by atoms with E-state index in [1.54, 1.807) is 0 Å². The third kappa shape index (κ3) is 3.08. The lowest BCUT2D eigenvalue weighted by Gasteiger charge is -2.37. The van der Waals surface area contributed by atoms with E-state index in [-0.39, 0.29) is 5.04 Å². The van der Waals surface area contributed by atoms with Crippen molar-refractivity contribution >= 4 is 24.2 Å². The molecule has 0 amide bonds. The Balaban J connectivity index is 2.38. The van der Waals surface area contributed by atoms with Gasteiger partial charge in [-0.15, -0.1) is 0 Å². The van der Waals surface area contributed by atoms with Crippen LogP contribution in [0, 0.1) is 0 Å². The number of halogens is 1. The van der Waals surface area contributed by atoms with E-state index in [2.05, 4.69) is 49.8 Å². The Morgan fingerprint density at radius 1 is 1.16 bits per heavy atom. The highest BCUT2D eigenvalue weighted by Crippen LogP contribution is 2.45. The van der Waals surface area contributed by atoms with Crippen LogP contribution in [0.5, 0.6) is 17.2 Å². The third-order valence-electron chi connectivity index (χ3n) is 3.74.